The topological polar surface area (TPSA) is 61.7 Å². The summed E-state index contributed by atoms with van der Waals surface area (Å²) in [5.41, 5.74) is 3.41. The van der Waals surface area contributed by atoms with Gasteiger partial charge in [-0.3, -0.25) is 14.8 Å². The minimum atomic E-state index is -0.741. The zero-order chi connectivity index (χ0) is 26.4. The summed E-state index contributed by atoms with van der Waals surface area (Å²) in [5.74, 6) is 0.480. The number of nitrogens with zero attached hydrogens (tertiary/aromatic N) is 4. The van der Waals surface area contributed by atoms with Gasteiger partial charge in [-0.25, -0.2) is 14.4 Å². The highest BCUT2D eigenvalue weighted by atomic mass is 35.5. The van der Waals surface area contributed by atoms with Crippen LogP contribution in [0.1, 0.15) is 50.2 Å². The van der Waals surface area contributed by atoms with Gasteiger partial charge in [0.1, 0.15) is 17.7 Å². The summed E-state index contributed by atoms with van der Waals surface area (Å²) in [6.07, 6.45) is 9.41. The number of hydroxylamine groups is 2. The number of rotatable bonds is 10. The first-order valence-electron chi connectivity index (χ1n) is 11.9. The summed E-state index contributed by atoms with van der Waals surface area (Å²) < 4.78 is 14.0. The van der Waals surface area contributed by atoms with Crippen LogP contribution in [0, 0.1) is 11.7 Å². The third-order valence-corrected chi connectivity index (χ3v) is 6.66. The first-order chi connectivity index (χ1) is 17.1. The Bertz CT molecular complexity index is 1160. The predicted octanol–water partition coefficient (Wildman–Crippen LogP) is 6.47. The van der Waals surface area contributed by atoms with Gasteiger partial charge in [-0.2, -0.15) is 0 Å². The van der Waals surface area contributed by atoms with Crippen LogP contribution in [-0.2, 0) is 11.4 Å². The first kappa shape index (κ1) is 27.6. The van der Waals surface area contributed by atoms with E-state index in [1.54, 1.807) is 26.1 Å². The normalized spacial score (nSPS) is 18.1. The molecule has 36 heavy (non-hydrogen) atoms. The number of allylic oxidation sites excluding steroid dienone is 5. The molecule has 2 atom stereocenters. The highest BCUT2D eigenvalue weighted by molar-refractivity contribution is 6.31. The molecule has 0 aliphatic carbocycles. The maximum absolute atomic E-state index is 14.0. The second kappa shape index (κ2) is 12.3. The van der Waals surface area contributed by atoms with E-state index in [4.69, 9.17) is 16.4 Å². The van der Waals surface area contributed by atoms with Crippen molar-refractivity contribution in [2.75, 3.05) is 20.1 Å². The van der Waals surface area contributed by atoms with Crippen LogP contribution in [0.3, 0.4) is 0 Å². The van der Waals surface area contributed by atoms with Crippen LogP contribution in [-0.4, -0.2) is 45.2 Å². The molecule has 192 valence electrons. The third-order valence-electron chi connectivity index (χ3n) is 6.27. The monoisotopic (exact) mass is 512 g/mol. The van der Waals surface area contributed by atoms with Gasteiger partial charge in [0.25, 0.3) is 0 Å². The Labute approximate surface area is 218 Å². The molecule has 0 amide bonds. The quantitative estimate of drug-likeness (QED) is 0.291. The fourth-order valence-electron chi connectivity index (χ4n) is 4.22. The Morgan fingerprint density at radius 2 is 2.03 bits per heavy atom. The highest BCUT2D eigenvalue weighted by Gasteiger charge is 2.22. The molecule has 0 spiro atoms. The van der Waals surface area contributed by atoms with Crippen molar-refractivity contribution in [2.24, 2.45) is 5.92 Å². The van der Waals surface area contributed by atoms with Gasteiger partial charge in [0.05, 0.1) is 10.7 Å². The molecule has 0 bridgehead atoms. The van der Waals surface area contributed by atoms with Crippen LogP contribution in [0.5, 0.6) is 5.75 Å². The van der Waals surface area contributed by atoms with Crippen molar-refractivity contribution >= 4 is 17.2 Å². The van der Waals surface area contributed by atoms with E-state index in [0.29, 0.717) is 17.1 Å². The Balaban J connectivity index is 1.82. The number of phenols is 1. The average molecular weight is 513 g/mol. The van der Waals surface area contributed by atoms with Crippen molar-refractivity contribution in [3.05, 3.63) is 95.0 Å². The van der Waals surface area contributed by atoms with E-state index in [0.717, 1.165) is 42.8 Å². The molecule has 2 heterocycles. The smallest absolute Gasteiger partial charge is 0.159 e. The molecule has 2 aromatic rings. The predicted molar refractivity (Wildman–Crippen MR) is 142 cm³/mol. The summed E-state index contributed by atoms with van der Waals surface area (Å²) >= 11 is 6.10. The summed E-state index contributed by atoms with van der Waals surface area (Å²) in [6.45, 7) is 16.7. The number of hydrogen-bond donors (Lipinski definition) is 1. The van der Waals surface area contributed by atoms with Crippen molar-refractivity contribution < 1.29 is 14.3 Å². The first-order valence-corrected chi connectivity index (χ1v) is 12.3. The lowest BCUT2D eigenvalue weighted by Gasteiger charge is -2.27. The second-order valence-corrected chi connectivity index (χ2v) is 9.54. The molecule has 0 saturated carbocycles. The van der Waals surface area contributed by atoms with E-state index in [1.165, 1.54) is 17.6 Å². The SMILES string of the molecule is C=C/C(C)=C(/C=C(\C=C)c1ncc(CN2CCC(C)C2)cn1)N(C)OC(C)c1c(O)ccc(F)c1Cl. The molecule has 3 rings (SSSR count). The zero-order valence-corrected chi connectivity index (χ0v) is 22.1. The fourth-order valence-corrected chi connectivity index (χ4v) is 4.54. The molecule has 1 saturated heterocycles. The van der Waals surface area contributed by atoms with E-state index in [2.05, 4.69) is 34.9 Å². The number of likely N-dealkylation sites (tertiary alicyclic amines) is 1. The van der Waals surface area contributed by atoms with Crippen LogP contribution in [0.25, 0.3) is 5.57 Å². The summed E-state index contributed by atoms with van der Waals surface area (Å²) in [7, 11) is 1.71. The van der Waals surface area contributed by atoms with Crippen molar-refractivity contribution in [3.8, 4) is 5.75 Å². The number of aromatic hydroxyl groups is 1. The summed E-state index contributed by atoms with van der Waals surface area (Å²) in [6, 6.07) is 2.37. The molecule has 6 nitrogen and oxygen atoms in total. The van der Waals surface area contributed by atoms with Gasteiger partial charge in [0.15, 0.2) is 5.82 Å². The maximum atomic E-state index is 14.0. The summed E-state index contributed by atoms with van der Waals surface area (Å²) in [4.78, 5) is 17.6. The number of halogens is 2. The van der Waals surface area contributed by atoms with Crippen molar-refractivity contribution in [1.29, 1.82) is 0 Å². The van der Waals surface area contributed by atoms with E-state index < -0.39 is 11.9 Å². The number of likely N-dealkylation sites (N-methyl/N-ethyl adjacent to an activating group) is 1. The lowest BCUT2D eigenvalue weighted by atomic mass is 10.1. The zero-order valence-electron chi connectivity index (χ0n) is 21.3. The molecule has 1 aliphatic rings. The lowest BCUT2D eigenvalue weighted by Crippen LogP contribution is -2.21. The Kier molecular flexibility index (Phi) is 9.43. The number of hydrogen-bond acceptors (Lipinski definition) is 6. The molecule has 1 aromatic heterocycles. The van der Waals surface area contributed by atoms with Gasteiger partial charge in [0, 0.05) is 49.2 Å². The van der Waals surface area contributed by atoms with Crippen LogP contribution in [0.4, 0.5) is 4.39 Å². The number of phenolic OH excluding ortho intramolecular Hbond substituents is 1. The van der Waals surface area contributed by atoms with Crippen molar-refractivity contribution in [3.63, 3.8) is 0 Å². The van der Waals surface area contributed by atoms with Gasteiger partial charge >= 0.3 is 0 Å². The Morgan fingerprint density at radius 3 is 2.61 bits per heavy atom. The highest BCUT2D eigenvalue weighted by Crippen LogP contribution is 2.36. The van der Waals surface area contributed by atoms with Crippen LogP contribution in [0.2, 0.25) is 5.02 Å². The van der Waals surface area contributed by atoms with E-state index in [-0.39, 0.29) is 16.3 Å². The molecular formula is C28H34ClFN4O2. The van der Waals surface area contributed by atoms with Crippen molar-refractivity contribution in [2.45, 2.75) is 39.8 Å². The molecule has 1 N–H and O–H groups in total. The van der Waals surface area contributed by atoms with Crippen molar-refractivity contribution in [1.82, 2.24) is 19.9 Å². The minimum Gasteiger partial charge on any atom is -0.508 e. The van der Waals surface area contributed by atoms with Gasteiger partial charge in [-0.05, 0) is 56.5 Å². The van der Waals surface area contributed by atoms with Crippen LogP contribution < -0.4 is 0 Å². The lowest BCUT2D eigenvalue weighted by molar-refractivity contribution is -0.151. The third kappa shape index (κ3) is 6.60. The number of aromatic nitrogens is 2. The average Bonchev–Trinajstić information content (AvgIpc) is 3.26. The second-order valence-electron chi connectivity index (χ2n) is 9.16. The molecule has 8 heteroatoms. The number of benzene rings is 1. The molecular weight excluding hydrogens is 479 g/mol. The van der Waals surface area contributed by atoms with Gasteiger partial charge in [-0.1, -0.05) is 43.8 Å². The van der Waals surface area contributed by atoms with E-state index in [1.807, 2.05) is 25.4 Å². The van der Waals surface area contributed by atoms with E-state index in [9.17, 15) is 9.50 Å². The molecule has 1 aromatic carbocycles. The molecule has 0 radical (unpaired) electrons. The maximum Gasteiger partial charge on any atom is 0.159 e. The fraction of sp³-hybridized carbons (Fsp3) is 0.357. The Morgan fingerprint density at radius 1 is 1.33 bits per heavy atom. The van der Waals surface area contributed by atoms with E-state index >= 15 is 0 Å². The Hall–Kier alpha value is -3.00. The molecule has 2 unspecified atom stereocenters. The molecule has 1 fully saturated rings. The molecule has 1 aliphatic heterocycles. The summed E-state index contributed by atoms with van der Waals surface area (Å²) in [5, 5.41) is 11.6. The van der Waals surface area contributed by atoms with Gasteiger partial charge < -0.3 is 5.11 Å². The van der Waals surface area contributed by atoms with Crippen LogP contribution in [0.15, 0.2) is 67.2 Å². The standard InChI is InChI=1S/C28H34ClFN4O2/c1-7-19(4)24(33(6)36-20(5)26-25(35)10-9-23(30)27(26)29)13-22(8-2)28-31-14-21(15-32-28)17-34-12-11-18(3)16-34/h7-10,13-15,18,20,35H,1-2,11-12,16-17H2,3-6H3/b22-13+,24-19-. The van der Waals surface area contributed by atoms with Gasteiger partial charge in [-0.15, -0.1) is 0 Å². The largest absolute Gasteiger partial charge is 0.508 e. The van der Waals surface area contributed by atoms with Gasteiger partial charge in [0.2, 0.25) is 0 Å². The minimum absolute atomic E-state index is 0.146. The van der Waals surface area contributed by atoms with Crippen LogP contribution >= 0.6 is 11.6 Å².